The van der Waals surface area contributed by atoms with Gasteiger partial charge in [0, 0.05) is 17.8 Å². The first-order valence-corrected chi connectivity index (χ1v) is 10.9. The summed E-state index contributed by atoms with van der Waals surface area (Å²) < 4.78 is 12.6. The highest BCUT2D eigenvalue weighted by Gasteiger charge is 2.46. The van der Waals surface area contributed by atoms with Gasteiger partial charge in [0.25, 0.3) is 6.17 Å². The summed E-state index contributed by atoms with van der Waals surface area (Å²) in [6.07, 6.45) is 0.974. The molecule has 0 saturated carbocycles. The Morgan fingerprint density at radius 2 is 2.06 bits per heavy atom. The van der Waals surface area contributed by atoms with E-state index < -0.39 is 6.17 Å². The standard InChI is InChI=1S/C23H22N4O4S/c1-5-12-32-23-24-21(29)20-16-8-6-7-9-18(16)26(14(2)28)22(27(20)25-23)17-13-15(30-3)10-11-19(17)31-4/h5-11,13,22H,1,12H2,2-4H3/p+1. The summed E-state index contributed by atoms with van der Waals surface area (Å²) in [4.78, 5) is 30.7. The molecule has 1 aliphatic rings. The van der Waals surface area contributed by atoms with Crippen LogP contribution < -0.4 is 24.6 Å². The molecule has 32 heavy (non-hydrogen) atoms. The van der Waals surface area contributed by atoms with E-state index >= 15 is 0 Å². The second-order valence-corrected chi connectivity index (χ2v) is 8.05. The summed E-state index contributed by atoms with van der Waals surface area (Å²) in [5.41, 5.74) is 1.94. The van der Waals surface area contributed by atoms with E-state index in [-0.39, 0.29) is 11.5 Å². The maximum atomic E-state index is 13.2. The molecule has 0 radical (unpaired) electrons. The molecule has 4 rings (SSSR count). The molecule has 9 heteroatoms. The zero-order chi connectivity index (χ0) is 22.8. The third kappa shape index (κ3) is 3.64. The number of para-hydroxylation sites is 1. The zero-order valence-electron chi connectivity index (χ0n) is 18.0. The molecule has 1 aromatic heterocycles. The lowest BCUT2D eigenvalue weighted by Crippen LogP contribution is -2.60. The highest BCUT2D eigenvalue weighted by Crippen LogP contribution is 2.40. The number of nitrogens with one attached hydrogen (secondary N) is 1. The Morgan fingerprint density at radius 1 is 1.28 bits per heavy atom. The number of aromatic amines is 1. The van der Waals surface area contributed by atoms with Crippen molar-refractivity contribution >= 4 is 23.4 Å². The Kier molecular flexibility index (Phi) is 6.00. The van der Waals surface area contributed by atoms with Crippen LogP contribution >= 0.6 is 11.8 Å². The number of aromatic nitrogens is 3. The number of hydrogen-bond donors (Lipinski definition) is 1. The second kappa shape index (κ2) is 8.88. The van der Waals surface area contributed by atoms with Gasteiger partial charge >= 0.3 is 11.3 Å². The van der Waals surface area contributed by atoms with E-state index in [4.69, 9.17) is 14.6 Å². The molecule has 1 aliphatic heterocycles. The molecule has 1 unspecified atom stereocenters. The number of anilines is 1. The first kappa shape index (κ1) is 21.6. The summed E-state index contributed by atoms with van der Waals surface area (Å²) in [5.74, 6) is 1.51. The van der Waals surface area contributed by atoms with E-state index in [9.17, 15) is 9.59 Å². The predicted molar refractivity (Wildman–Crippen MR) is 122 cm³/mol. The van der Waals surface area contributed by atoms with Crippen molar-refractivity contribution in [3.05, 3.63) is 71.0 Å². The van der Waals surface area contributed by atoms with Gasteiger partial charge < -0.3 is 9.47 Å². The molecule has 1 amide bonds. The molecule has 2 heterocycles. The van der Waals surface area contributed by atoms with E-state index in [1.54, 1.807) is 48.1 Å². The third-order valence-corrected chi connectivity index (χ3v) is 6.01. The smallest absolute Gasteiger partial charge is 0.325 e. The number of H-pyrrole nitrogens is 1. The predicted octanol–water partition coefficient (Wildman–Crippen LogP) is 2.93. The first-order valence-electron chi connectivity index (χ1n) is 9.91. The van der Waals surface area contributed by atoms with Crippen LogP contribution in [0.25, 0.3) is 11.3 Å². The fraction of sp³-hybridized carbons (Fsp3) is 0.217. The quantitative estimate of drug-likeness (QED) is 0.352. The third-order valence-electron chi connectivity index (χ3n) is 5.15. The lowest BCUT2D eigenvalue weighted by atomic mass is 10.0. The summed E-state index contributed by atoms with van der Waals surface area (Å²) in [7, 11) is 3.13. The summed E-state index contributed by atoms with van der Waals surface area (Å²) in [6.45, 7) is 5.21. The van der Waals surface area contributed by atoms with Crippen molar-refractivity contribution in [1.29, 1.82) is 0 Å². The summed E-state index contributed by atoms with van der Waals surface area (Å²) in [5, 5.41) is 5.14. The van der Waals surface area contributed by atoms with Gasteiger partial charge in [-0.05, 0) is 35.0 Å². The van der Waals surface area contributed by atoms with Crippen LogP contribution in [-0.4, -0.2) is 36.0 Å². The number of ether oxygens (including phenoxy) is 2. The molecular formula is C23H23N4O4S+. The SMILES string of the molecule is C=CCSc1n[n+]2c(c(=O)[nH]1)-c1ccccc1N(C(C)=O)C2c1cc(OC)ccc1OC. The van der Waals surface area contributed by atoms with E-state index in [0.29, 0.717) is 44.9 Å². The number of hydrogen-bond acceptors (Lipinski definition) is 6. The Labute approximate surface area is 189 Å². The fourth-order valence-corrected chi connectivity index (χ4v) is 4.42. The van der Waals surface area contributed by atoms with E-state index in [1.165, 1.54) is 18.7 Å². The van der Waals surface area contributed by atoms with Gasteiger partial charge in [-0.25, -0.2) is 4.90 Å². The van der Waals surface area contributed by atoms with Gasteiger partial charge in [0.05, 0.1) is 31.0 Å². The van der Waals surface area contributed by atoms with E-state index in [0.717, 1.165) is 0 Å². The molecule has 0 aliphatic carbocycles. The lowest BCUT2D eigenvalue weighted by molar-refractivity contribution is -0.763. The van der Waals surface area contributed by atoms with Gasteiger partial charge in [-0.2, -0.15) is 0 Å². The highest BCUT2D eigenvalue weighted by atomic mass is 32.2. The second-order valence-electron chi connectivity index (χ2n) is 7.04. The molecule has 0 saturated heterocycles. The summed E-state index contributed by atoms with van der Waals surface area (Å²) >= 11 is 1.35. The topological polar surface area (TPSA) is 88.4 Å². The van der Waals surface area contributed by atoms with Crippen LogP contribution in [0, 0.1) is 0 Å². The minimum absolute atomic E-state index is 0.201. The average molecular weight is 452 g/mol. The number of methoxy groups -OCH3 is 2. The van der Waals surface area contributed by atoms with Crippen LogP contribution in [0.5, 0.6) is 11.5 Å². The molecule has 1 N–H and O–H groups in total. The number of carbonyl (C=O) groups excluding carboxylic acids is 1. The van der Waals surface area contributed by atoms with Crippen LogP contribution in [0.1, 0.15) is 18.7 Å². The molecular weight excluding hydrogens is 428 g/mol. The number of nitrogens with zero attached hydrogens (tertiary/aromatic N) is 3. The average Bonchev–Trinajstić information content (AvgIpc) is 2.80. The number of benzene rings is 2. The maximum absolute atomic E-state index is 13.2. The Hall–Kier alpha value is -3.59. The molecule has 3 aromatic rings. The van der Waals surface area contributed by atoms with Crippen molar-refractivity contribution in [2.75, 3.05) is 24.9 Å². The normalized spacial score (nSPS) is 14.3. The molecule has 8 nitrogen and oxygen atoms in total. The van der Waals surface area contributed by atoms with Crippen molar-refractivity contribution in [2.24, 2.45) is 0 Å². The summed E-state index contributed by atoms with van der Waals surface area (Å²) in [6, 6.07) is 12.6. The van der Waals surface area contributed by atoms with Crippen molar-refractivity contribution in [3.8, 4) is 22.8 Å². The van der Waals surface area contributed by atoms with Crippen LogP contribution in [-0.2, 0) is 4.79 Å². The van der Waals surface area contributed by atoms with E-state index in [2.05, 4.69) is 11.6 Å². The van der Waals surface area contributed by atoms with Gasteiger partial charge in [0.15, 0.2) is 0 Å². The van der Waals surface area contributed by atoms with Crippen molar-refractivity contribution in [1.82, 2.24) is 10.1 Å². The fourth-order valence-electron chi connectivity index (χ4n) is 3.84. The number of carbonyl (C=O) groups is 1. The molecule has 2 aromatic carbocycles. The van der Waals surface area contributed by atoms with Crippen LogP contribution in [0.2, 0.25) is 0 Å². The number of rotatable bonds is 6. The minimum Gasteiger partial charge on any atom is -0.497 e. The number of amides is 1. The van der Waals surface area contributed by atoms with Gasteiger partial charge in [0.2, 0.25) is 11.1 Å². The largest absolute Gasteiger partial charge is 0.497 e. The van der Waals surface area contributed by atoms with E-state index in [1.807, 2.05) is 24.3 Å². The van der Waals surface area contributed by atoms with Crippen LogP contribution in [0.4, 0.5) is 5.69 Å². The monoisotopic (exact) mass is 451 g/mol. The zero-order valence-corrected chi connectivity index (χ0v) is 18.8. The van der Waals surface area contributed by atoms with Crippen molar-refractivity contribution < 1.29 is 19.0 Å². The Morgan fingerprint density at radius 3 is 2.75 bits per heavy atom. The first-order chi connectivity index (χ1) is 15.5. The lowest BCUT2D eigenvalue weighted by Gasteiger charge is -2.32. The maximum Gasteiger partial charge on any atom is 0.325 e. The van der Waals surface area contributed by atoms with Crippen LogP contribution in [0.3, 0.4) is 0 Å². The number of thioether (sulfide) groups is 1. The highest BCUT2D eigenvalue weighted by molar-refractivity contribution is 7.99. The van der Waals surface area contributed by atoms with Crippen LogP contribution in [0.15, 0.2) is 65.1 Å². The Bertz CT molecular complexity index is 1260. The number of fused-ring (bicyclic) bond motifs is 3. The molecule has 0 fully saturated rings. The van der Waals surface area contributed by atoms with Crippen molar-refractivity contribution in [2.45, 2.75) is 18.2 Å². The van der Waals surface area contributed by atoms with Gasteiger partial charge in [0.1, 0.15) is 11.5 Å². The molecule has 0 bridgehead atoms. The minimum atomic E-state index is -0.757. The molecule has 0 spiro atoms. The van der Waals surface area contributed by atoms with Gasteiger partial charge in [-0.15, -0.1) is 6.58 Å². The van der Waals surface area contributed by atoms with Gasteiger partial charge in [-0.1, -0.05) is 30.0 Å². The Balaban J connectivity index is 2.08. The van der Waals surface area contributed by atoms with Gasteiger partial charge in [-0.3, -0.25) is 14.6 Å². The molecule has 164 valence electrons. The van der Waals surface area contributed by atoms with Crippen molar-refractivity contribution in [3.63, 3.8) is 0 Å². The molecule has 1 atom stereocenters.